The molecule has 0 saturated heterocycles. The van der Waals surface area contributed by atoms with Gasteiger partial charge in [-0.15, -0.1) is 0 Å². The number of hydrogen-bond donors (Lipinski definition) is 0. The molecule has 0 spiro atoms. The summed E-state index contributed by atoms with van der Waals surface area (Å²) in [4.78, 5) is 32.1. The number of ether oxygens (including phenoxy) is 3. The summed E-state index contributed by atoms with van der Waals surface area (Å²) in [6.07, 6.45) is 1.68. The molecule has 3 aromatic rings. The maximum absolute atomic E-state index is 13.9. The van der Waals surface area contributed by atoms with Crippen LogP contribution >= 0.6 is 27.3 Å². The van der Waals surface area contributed by atoms with Crippen LogP contribution < -0.4 is 24.4 Å². The Morgan fingerprint density at radius 1 is 1.22 bits per heavy atom. The number of benzene rings is 2. The van der Waals surface area contributed by atoms with E-state index in [0.717, 1.165) is 15.6 Å². The van der Waals surface area contributed by atoms with Gasteiger partial charge in [-0.05, 0) is 58.4 Å². The third-order valence-corrected chi connectivity index (χ3v) is 7.26. The summed E-state index contributed by atoms with van der Waals surface area (Å²) in [5.41, 5.74) is 3.22. The topological polar surface area (TPSA) is 79.1 Å². The van der Waals surface area contributed by atoms with Crippen LogP contribution in [0.25, 0.3) is 6.08 Å². The number of methoxy groups -OCH3 is 1. The Morgan fingerprint density at radius 3 is 2.54 bits per heavy atom. The summed E-state index contributed by atoms with van der Waals surface area (Å²) in [5.74, 6) is 0.623. The molecule has 0 N–H and O–H groups in total. The molecule has 1 aliphatic rings. The van der Waals surface area contributed by atoms with Gasteiger partial charge in [0.1, 0.15) is 0 Å². The minimum atomic E-state index is -0.651. The SMILES string of the molecule is CCOC(=O)C1=C(C)N=c2s/c(=C\c3cc(Br)cc(OC)c3OC(C)C)c(=O)n2[C@@H]1c1ccc(C)cc1. The molecule has 0 aliphatic carbocycles. The van der Waals surface area contributed by atoms with Crippen molar-refractivity contribution in [2.24, 2.45) is 4.99 Å². The summed E-state index contributed by atoms with van der Waals surface area (Å²) >= 11 is 4.79. The highest BCUT2D eigenvalue weighted by atomic mass is 79.9. The lowest BCUT2D eigenvalue weighted by Gasteiger charge is -2.24. The zero-order valence-electron chi connectivity index (χ0n) is 21.6. The Balaban J connectivity index is 1.98. The van der Waals surface area contributed by atoms with Gasteiger partial charge in [0.15, 0.2) is 16.3 Å². The fourth-order valence-electron chi connectivity index (χ4n) is 4.21. The monoisotopic (exact) mass is 584 g/mol. The van der Waals surface area contributed by atoms with Gasteiger partial charge in [0.2, 0.25) is 0 Å². The van der Waals surface area contributed by atoms with E-state index >= 15 is 0 Å². The maximum atomic E-state index is 13.9. The van der Waals surface area contributed by atoms with E-state index in [1.165, 1.54) is 11.3 Å². The number of aromatic nitrogens is 1. The number of thiazole rings is 1. The largest absolute Gasteiger partial charge is 0.493 e. The molecule has 0 unspecified atom stereocenters. The first-order chi connectivity index (χ1) is 17.6. The van der Waals surface area contributed by atoms with E-state index in [4.69, 9.17) is 14.2 Å². The third-order valence-electron chi connectivity index (χ3n) is 5.82. The van der Waals surface area contributed by atoms with Gasteiger partial charge in [-0.1, -0.05) is 57.1 Å². The number of aryl methyl sites for hydroxylation is 1. The molecule has 7 nitrogen and oxygen atoms in total. The van der Waals surface area contributed by atoms with Crippen molar-refractivity contribution in [3.63, 3.8) is 0 Å². The minimum absolute atomic E-state index is 0.0974. The molecule has 37 heavy (non-hydrogen) atoms. The molecule has 0 saturated carbocycles. The van der Waals surface area contributed by atoms with Crippen LogP contribution in [0.5, 0.6) is 11.5 Å². The van der Waals surface area contributed by atoms with Gasteiger partial charge in [-0.3, -0.25) is 9.36 Å². The van der Waals surface area contributed by atoms with Crippen LogP contribution in [-0.4, -0.2) is 30.4 Å². The fourth-order valence-corrected chi connectivity index (χ4v) is 5.70. The zero-order chi connectivity index (χ0) is 26.9. The number of nitrogens with zero attached hydrogens (tertiary/aromatic N) is 2. The Kier molecular flexibility index (Phi) is 8.04. The van der Waals surface area contributed by atoms with Crippen LogP contribution in [0.1, 0.15) is 50.4 Å². The second kappa shape index (κ2) is 11.1. The van der Waals surface area contributed by atoms with Gasteiger partial charge in [0.25, 0.3) is 5.56 Å². The first-order valence-corrected chi connectivity index (χ1v) is 13.6. The van der Waals surface area contributed by atoms with Crippen LogP contribution in [0.3, 0.4) is 0 Å². The predicted molar refractivity (Wildman–Crippen MR) is 148 cm³/mol. The highest BCUT2D eigenvalue weighted by Crippen LogP contribution is 2.36. The second-order valence-corrected chi connectivity index (χ2v) is 10.8. The number of esters is 1. The molecule has 1 aromatic heterocycles. The van der Waals surface area contributed by atoms with Gasteiger partial charge < -0.3 is 14.2 Å². The first-order valence-electron chi connectivity index (χ1n) is 11.9. The Labute approximate surface area is 227 Å². The average molecular weight is 586 g/mol. The van der Waals surface area contributed by atoms with Crippen molar-refractivity contribution in [3.05, 3.63) is 88.5 Å². The Bertz CT molecular complexity index is 1550. The molecule has 0 bridgehead atoms. The molecule has 194 valence electrons. The highest BCUT2D eigenvalue weighted by molar-refractivity contribution is 9.10. The van der Waals surface area contributed by atoms with Crippen LogP contribution in [0.4, 0.5) is 0 Å². The lowest BCUT2D eigenvalue weighted by Crippen LogP contribution is -2.39. The number of carbonyl (C=O) groups excluding carboxylic acids is 1. The third kappa shape index (κ3) is 5.43. The molecule has 2 heterocycles. The van der Waals surface area contributed by atoms with Crippen molar-refractivity contribution in [2.75, 3.05) is 13.7 Å². The summed E-state index contributed by atoms with van der Waals surface area (Å²) in [6.45, 7) is 9.61. The molecule has 0 amide bonds. The highest BCUT2D eigenvalue weighted by Gasteiger charge is 2.33. The van der Waals surface area contributed by atoms with Gasteiger partial charge in [-0.25, -0.2) is 9.79 Å². The second-order valence-electron chi connectivity index (χ2n) is 8.91. The van der Waals surface area contributed by atoms with E-state index in [-0.39, 0.29) is 18.3 Å². The van der Waals surface area contributed by atoms with Gasteiger partial charge >= 0.3 is 5.97 Å². The van der Waals surface area contributed by atoms with E-state index in [9.17, 15) is 9.59 Å². The average Bonchev–Trinajstić information content (AvgIpc) is 3.14. The van der Waals surface area contributed by atoms with Gasteiger partial charge in [0, 0.05) is 10.0 Å². The smallest absolute Gasteiger partial charge is 0.338 e. The molecule has 1 aliphatic heterocycles. The van der Waals surface area contributed by atoms with E-state index in [2.05, 4.69) is 20.9 Å². The Hall–Kier alpha value is -3.17. The number of allylic oxidation sites excluding steroid dienone is 1. The van der Waals surface area contributed by atoms with Crippen molar-refractivity contribution in [1.29, 1.82) is 0 Å². The van der Waals surface area contributed by atoms with Crippen molar-refractivity contribution in [3.8, 4) is 11.5 Å². The molecular formula is C28H29BrN2O5S. The zero-order valence-corrected chi connectivity index (χ0v) is 24.0. The normalized spacial score (nSPS) is 15.5. The number of hydrogen-bond acceptors (Lipinski definition) is 7. The number of halogens is 1. The Morgan fingerprint density at radius 2 is 1.92 bits per heavy atom. The molecule has 1 atom stereocenters. The summed E-state index contributed by atoms with van der Waals surface area (Å²) in [7, 11) is 1.58. The van der Waals surface area contributed by atoms with Crippen LogP contribution in [0.2, 0.25) is 0 Å². The quantitative estimate of drug-likeness (QED) is 0.377. The lowest BCUT2D eigenvalue weighted by molar-refractivity contribution is -0.139. The van der Waals surface area contributed by atoms with Crippen molar-refractivity contribution < 1.29 is 19.0 Å². The maximum Gasteiger partial charge on any atom is 0.338 e. The molecule has 9 heteroatoms. The molecule has 4 rings (SSSR count). The van der Waals surface area contributed by atoms with Crippen molar-refractivity contribution in [1.82, 2.24) is 4.57 Å². The minimum Gasteiger partial charge on any atom is -0.493 e. The number of fused-ring (bicyclic) bond motifs is 1. The summed E-state index contributed by atoms with van der Waals surface area (Å²) in [5, 5.41) is 0. The van der Waals surface area contributed by atoms with Gasteiger partial charge in [0.05, 0.1) is 41.7 Å². The van der Waals surface area contributed by atoms with Gasteiger partial charge in [-0.2, -0.15) is 0 Å². The molecule has 0 fully saturated rings. The number of carbonyl (C=O) groups is 1. The first kappa shape index (κ1) is 26.9. The predicted octanol–water partition coefficient (Wildman–Crippen LogP) is 4.67. The molecular weight excluding hydrogens is 556 g/mol. The van der Waals surface area contributed by atoms with Crippen LogP contribution in [-0.2, 0) is 9.53 Å². The number of rotatable bonds is 7. The molecule has 0 radical (unpaired) electrons. The van der Waals surface area contributed by atoms with Crippen LogP contribution in [0.15, 0.2) is 61.9 Å². The van der Waals surface area contributed by atoms with E-state index in [1.54, 1.807) is 31.6 Å². The van der Waals surface area contributed by atoms with Crippen molar-refractivity contribution in [2.45, 2.75) is 46.8 Å². The van der Waals surface area contributed by atoms with E-state index in [0.29, 0.717) is 37.7 Å². The van der Waals surface area contributed by atoms with E-state index in [1.807, 2.05) is 57.2 Å². The summed E-state index contributed by atoms with van der Waals surface area (Å²) in [6, 6.07) is 10.8. The lowest BCUT2D eigenvalue weighted by atomic mass is 9.95. The fraction of sp³-hybridized carbons (Fsp3) is 0.321. The van der Waals surface area contributed by atoms with Crippen molar-refractivity contribution >= 4 is 39.3 Å². The summed E-state index contributed by atoms with van der Waals surface area (Å²) < 4.78 is 19.8. The van der Waals surface area contributed by atoms with E-state index < -0.39 is 12.0 Å². The standard InChI is InChI=1S/C28H29BrN2O5S/c1-7-35-27(33)23-17(5)30-28-31(24(23)18-10-8-16(4)9-11-18)26(32)22(37-28)13-19-12-20(29)14-21(34-6)25(19)36-15(2)3/h8-15,24H,7H2,1-6H3/b22-13-/t24-/m1/s1. The van der Waals surface area contributed by atoms with Crippen LogP contribution in [0, 0.1) is 6.92 Å². The molecule has 2 aromatic carbocycles.